The van der Waals surface area contributed by atoms with Crippen LogP contribution in [0.15, 0.2) is 30.3 Å². The summed E-state index contributed by atoms with van der Waals surface area (Å²) in [6.45, 7) is 8.15. The van der Waals surface area contributed by atoms with E-state index in [-0.39, 0.29) is 11.6 Å². The maximum absolute atomic E-state index is 12.5. The van der Waals surface area contributed by atoms with Gasteiger partial charge in [-0.15, -0.1) is 0 Å². The smallest absolute Gasteiger partial charge is 0.222 e. The second-order valence-corrected chi connectivity index (χ2v) is 6.73. The number of hydrogen-bond donors (Lipinski definition) is 1. The first-order valence-electron chi connectivity index (χ1n) is 8.10. The van der Waals surface area contributed by atoms with Crippen LogP contribution in [0, 0.1) is 0 Å². The normalized spacial score (nSPS) is 21.3. The number of nitrogens with one attached hydrogen (secondary N) is 1. The molecule has 3 nitrogen and oxygen atoms in total. The van der Waals surface area contributed by atoms with Gasteiger partial charge in [0, 0.05) is 31.1 Å². The van der Waals surface area contributed by atoms with Crippen LogP contribution in [0.4, 0.5) is 0 Å². The van der Waals surface area contributed by atoms with Crippen LogP contribution in [0.1, 0.15) is 45.6 Å². The first kappa shape index (κ1) is 16.0. The lowest BCUT2D eigenvalue weighted by atomic mass is 9.94. The van der Waals surface area contributed by atoms with Crippen LogP contribution in [-0.2, 0) is 11.2 Å². The lowest BCUT2D eigenvalue weighted by Gasteiger charge is -2.45. The molecule has 1 amide bonds. The van der Waals surface area contributed by atoms with Gasteiger partial charge in [0.15, 0.2) is 0 Å². The topological polar surface area (TPSA) is 32.3 Å². The van der Waals surface area contributed by atoms with Crippen molar-refractivity contribution in [1.82, 2.24) is 10.2 Å². The zero-order valence-corrected chi connectivity index (χ0v) is 13.6. The Morgan fingerprint density at radius 2 is 2.05 bits per heavy atom. The SMILES string of the molecule is CCCCC(=O)N1CC(C)(C)NCC1Cc1ccccc1. The van der Waals surface area contributed by atoms with Gasteiger partial charge >= 0.3 is 0 Å². The summed E-state index contributed by atoms with van der Waals surface area (Å²) in [7, 11) is 0. The first-order valence-corrected chi connectivity index (χ1v) is 8.10. The van der Waals surface area contributed by atoms with Gasteiger partial charge in [-0.25, -0.2) is 0 Å². The van der Waals surface area contributed by atoms with Crippen molar-refractivity contribution in [1.29, 1.82) is 0 Å². The Morgan fingerprint density at radius 1 is 1.33 bits per heavy atom. The van der Waals surface area contributed by atoms with Crippen LogP contribution >= 0.6 is 0 Å². The van der Waals surface area contributed by atoms with Crippen LogP contribution in [-0.4, -0.2) is 35.5 Å². The molecular formula is C18H28N2O. The van der Waals surface area contributed by atoms with E-state index in [0.717, 1.165) is 32.4 Å². The molecule has 0 radical (unpaired) electrons. The van der Waals surface area contributed by atoms with Crippen molar-refractivity contribution >= 4 is 5.91 Å². The molecule has 0 saturated carbocycles. The van der Waals surface area contributed by atoms with E-state index >= 15 is 0 Å². The molecule has 1 aromatic rings. The number of piperazine rings is 1. The van der Waals surface area contributed by atoms with Gasteiger partial charge in [-0.2, -0.15) is 0 Å². The molecule has 1 aliphatic rings. The lowest BCUT2D eigenvalue weighted by molar-refractivity contribution is -0.136. The molecular weight excluding hydrogens is 260 g/mol. The standard InChI is InChI=1S/C18H28N2O/c1-4-5-11-17(21)20-14-18(2,3)19-13-16(20)12-15-9-7-6-8-10-15/h6-10,16,19H,4-5,11-14H2,1-3H3. The second-order valence-electron chi connectivity index (χ2n) is 6.73. The number of carbonyl (C=O) groups is 1. The largest absolute Gasteiger partial charge is 0.336 e. The molecule has 1 fully saturated rings. The van der Waals surface area contributed by atoms with Crippen molar-refractivity contribution in [3.05, 3.63) is 35.9 Å². The summed E-state index contributed by atoms with van der Waals surface area (Å²) in [4.78, 5) is 14.7. The predicted octanol–water partition coefficient (Wildman–Crippen LogP) is 3.00. The zero-order chi connectivity index (χ0) is 15.3. The highest BCUT2D eigenvalue weighted by Crippen LogP contribution is 2.20. The Bertz CT molecular complexity index is 456. The van der Waals surface area contributed by atoms with Gasteiger partial charge in [0.1, 0.15) is 0 Å². The molecule has 116 valence electrons. The molecule has 1 aromatic carbocycles. The average molecular weight is 288 g/mol. The molecule has 1 heterocycles. The molecule has 0 aliphatic carbocycles. The number of nitrogens with zero attached hydrogens (tertiary/aromatic N) is 1. The average Bonchev–Trinajstić information content (AvgIpc) is 2.47. The fourth-order valence-electron chi connectivity index (χ4n) is 2.95. The summed E-state index contributed by atoms with van der Waals surface area (Å²) >= 11 is 0. The molecule has 2 rings (SSSR count). The molecule has 1 saturated heterocycles. The van der Waals surface area contributed by atoms with Crippen molar-refractivity contribution in [2.24, 2.45) is 0 Å². The van der Waals surface area contributed by atoms with E-state index in [1.165, 1.54) is 5.56 Å². The van der Waals surface area contributed by atoms with Gasteiger partial charge < -0.3 is 10.2 Å². The van der Waals surface area contributed by atoms with Gasteiger partial charge in [-0.1, -0.05) is 43.7 Å². The quantitative estimate of drug-likeness (QED) is 0.903. The van der Waals surface area contributed by atoms with Gasteiger partial charge in [0.05, 0.1) is 0 Å². The zero-order valence-electron chi connectivity index (χ0n) is 13.6. The summed E-state index contributed by atoms with van der Waals surface area (Å²) in [6.07, 6.45) is 3.67. The Labute approximate surface area is 128 Å². The van der Waals surface area contributed by atoms with E-state index in [2.05, 4.69) is 55.3 Å². The van der Waals surface area contributed by atoms with Gasteiger partial charge in [-0.05, 0) is 32.3 Å². The summed E-state index contributed by atoms with van der Waals surface area (Å²) in [6, 6.07) is 10.7. The Kier molecular flexibility index (Phi) is 5.40. The number of amides is 1. The van der Waals surface area contributed by atoms with Crippen molar-refractivity contribution in [2.45, 2.75) is 58.0 Å². The van der Waals surface area contributed by atoms with Crippen LogP contribution in [0.25, 0.3) is 0 Å². The van der Waals surface area contributed by atoms with E-state index in [1.807, 2.05) is 6.07 Å². The highest BCUT2D eigenvalue weighted by atomic mass is 16.2. The molecule has 3 heteroatoms. The predicted molar refractivity (Wildman–Crippen MR) is 87.3 cm³/mol. The molecule has 1 unspecified atom stereocenters. The monoisotopic (exact) mass is 288 g/mol. The van der Waals surface area contributed by atoms with E-state index in [0.29, 0.717) is 12.3 Å². The van der Waals surface area contributed by atoms with Crippen molar-refractivity contribution in [3.8, 4) is 0 Å². The molecule has 1 aliphatic heterocycles. The van der Waals surface area contributed by atoms with Crippen LogP contribution in [0.2, 0.25) is 0 Å². The molecule has 0 aromatic heterocycles. The summed E-state index contributed by atoms with van der Waals surface area (Å²) in [5.74, 6) is 0.312. The van der Waals surface area contributed by atoms with Crippen molar-refractivity contribution < 1.29 is 4.79 Å². The lowest BCUT2D eigenvalue weighted by Crippen LogP contribution is -2.63. The highest BCUT2D eigenvalue weighted by molar-refractivity contribution is 5.76. The van der Waals surface area contributed by atoms with Crippen molar-refractivity contribution in [3.63, 3.8) is 0 Å². The number of hydrogen-bond acceptors (Lipinski definition) is 2. The maximum atomic E-state index is 12.5. The minimum atomic E-state index is 0.00899. The van der Waals surface area contributed by atoms with Crippen LogP contribution in [0.5, 0.6) is 0 Å². The molecule has 21 heavy (non-hydrogen) atoms. The van der Waals surface area contributed by atoms with Crippen LogP contribution < -0.4 is 5.32 Å². The Hall–Kier alpha value is -1.35. The van der Waals surface area contributed by atoms with Crippen molar-refractivity contribution in [2.75, 3.05) is 13.1 Å². The molecule has 0 spiro atoms. The van der Waals surface area contributed by atoms with E-state index in [4.69, 9.17) is 0 Å². The first-order chi connectivity index (χ1) is 10.0. The van der Waals surface area contributed by atoms with E-state index in [9.17, 15) is 4.79 Å². The third-order valence-electron chi connectivity index (χ3n) is 4.20. The van der Waals surface area contributed by atoms with Gasteiger partial charge in [0.25, 0.3) is 0 Å². The van der Waals surface area contributed by atoms with E-state index in [1.54, 1.807) is 0 Å². The number of rotatable bonds is 5. The summed E-state index contributed by atoms with van der Waals surface area (Å²) in [5, 5.41) is 3.58. The highest BCUT2D eigenvalue weighted by Gasteiger charge is 2.34. The third kappa shape index (κ3) is 4.57. The Balaban J connectivity index is 2.07. The number of benzene rings is 1. The summed E-state index contributed by atoms with van der Waals surface area (Å²) < 4.78 is 0. The second kappa shape index (κ2) is 7.08. The molecule has 1 N–H and O–H groups in total. The van der Waals surface area contributed by atoms with Gasteiger partial charge in [0.2, 0.25) is 5.91 Å². The van der Waals surface area contributed by atoms with Gasteiger partial charge in [-0.3, -0.25) is 4.79 Å². The number of unbranched alkanes of at least 4 members (excludes halogenated alkanes) is 1. The molecule has 1 atom stereocenters. The minimum absolute atomic E-state index is 0.00899. The van der Waals surface area contributed by atoms with Crippen LogP contribution in [0.3, 0.4) is 0 Å². The molecule has 0 bridgehead atoms. The fourth-order valence-corrected chi connectivity index (χ4v) is 2.95. The third-order valence-corrected chi connectivity index (χ3v) is 4.20. The fraction of sp³-hybridized carbons (Fsp3) is 0.611. The maximum Gasteiger partial charge on any atom is 0.222 e. The summed E-state index contributed by atoms with van der Waals surface area (Å²) in [5.41, 5.74) is 1.31. The Morgan fingerprint density at radius 3 is 2.71 bits per heavy atom. The minimum Gasteiger partial charge on any atom is -0.336 e. The van der Waals surface area contributed by atoms with E-state index < -0.39 is 0 Å². The number of carbonyl (C=O) groups excluding carboxylic acids is 1.